The number of thiazole rings is 1. The summed E-state index contributed by atoms with van der Waals surface area (Å²) in [6, 6.07) is 5.39. The van der Waals surface area contributed by atoms with Crippen LogP contribution >= 0.6 is 22.9 Å². The van der Waals surface area contributed by atoms with E-state index < -0.39 is 5.91 Å². The van der Waals surface area contributed by atoms with E-state index in [0.717, 1.165) is 5.56 Å². The molecule has 1 N–H and O–H groups in total. The highest BCUT2D eigenvalue weighted by atomic mass is 35.5. The van der Waals surface area contributed by atoms with E-state index in [-0.39, 0.29) is 17.6 Å². The fraction of sp³-hybridized carbons (Fsp3) is 0.348. The van der Waals surface area contributed by atoms with Crippen LogP contribution in [-0.4, -0.2) is 53.6 Å². The van der Waals surface area contributed by atoms with Crippen molar-refractivity contribution in [1.29, 1.82) is 0 Å². The number of benzene rings is 1. The quantitative estimate of drug-likeness (QED) is 0.478. The summed E-state index contributed by atoms with van der Waals surface area (Å²) in [6.07, 6.45) is 4.43. The molecule has 1 aliphatic heterocycles. The summed E-state index contributed by atoms with van der Waals surface area (Å²) >= 11 is 7.50. The van der Waals surface area contributed by atoms with Crippen LogP contribution in [0.2, 0.25) is 5.02 Å². The minimum absolute atomic E-state index is 0.0775. The molecular weight excluding hydrogens is 478 g/mol. The number of piperidine rings is 1. The predicted molar refractivity (Wildman–Crippen MR) is 131 cm³/mol. The third kappa shape index (κ3) is 5.45. The van der Waals surface area contributed by atoms with E-state index in [0.29, 0.717) is 60.0 Å². The van der Waals surface area contributed by atoms with E-state index in [1.165, 1.54) is 17.5 Å². The van der Waals surface area contributed by atoms with Gasteiger partial charge in [-0.15, -0.1) is 11.3 Å². The molecule has 4 rings (SSSR count). The highest BCUT2D eigenvalue weighted by Gasteiger charge is 2.26. The Balaban J connectivity index is 1.35. The number of hydrogen-bond donors (Lipinski definition) is 1. The summed E-state index contributed by atoms with van der Waals surface area (Å²) < 4.78 is 10.3. The average Bonchev–Trinajstić information content (AvgIpc) is 3.33. The highest BCUT2D eigenvalue weighted by Crippen LogP contribution is 2.32. The summed E-state index contributed by atoms with van der Waals surface area (Å²) in [5, 5.41) is 5.52. The molecular formula is C23H24ClN5O4S. The number of nitrogens with zero attached hydrogens (tertiary/aromatic N) is 4. The van der Waals surface area contributed by atoms with Gasteiger partial charge in [0, 0.05) is 24.0 Å². The number of carbonyl (C=O) groups excluding carboxylic acids is 2. The molecule has 1 fully saturated rings. The van der Waals surface area contributed by atoms with Crippen molar-refractivity contribution in [3.05, 3.63) is 46.7 Å². The van der Waals surface area contributed by atoms with Gasteiger partial charge in [-0.1, -0.05) is 11.6 Å². The van der Waals surface area contributed by atoms with Crippen LogP contribution in [0.3, 0.4) is 0 Å². The van der Waals surface area contributed by atoms with Crippen molar-refractivity contribution in [2.45, 2.75) is 19.8 Å². The highest BCUT2D eigenvalue weighted by molar-refractivity contribution is 7.14. The maximum atomic E-state index is 12.6. The molecule has 11 heteroatoms. The van der Waals surface area contributed by atoms with Gasteiger partial charge in [0.15, 0.2) is 5.13 Å². The van der Waals surface area contributed by atoms with Crippen LogP contribution in [0.1, 0.15) is 30.3 Å². The lowest BCUT2D eigenvalue weighted by atomic mass is 9.97. The number of ether oxygens (including phenoxy) is 2. The van der Waals surface area contributed by atoms with Crippen LogP contribution in [0.4, 0.5) is 10.9 Å². The minimum atomic E-state index is -0.395. The van der Waals surface area contributed by atoms with Gasteiger partial charge in [0.05, 0.1) is 42.7 Å². The Morgan fingerprint density at radius 3 is 2.68 bits per heavy atom. The van der Waals surface area contributed by atoms with E-state index in [2.05, 4.69) is 25.2 Å². The summed E-state index contributed by atoms with van der Waals surface area (Å²) in [4.78, 5) is 39.7. The number of methoxy groups -OCH3 is 1. The monoisotopic (exact) mass is 501 g/mol. The van der Waals surface area contributed by atoms with E-state index in [9.17, 15) is 9.59 Å². The molecule has 3 aromatic rings. The molecule has 1 amide bonds. The van der Waals surface area contributed by atoms with E-state index in [1.54, 1.807) is 25.4 Å². The molecule has 1 saturated heterocycles. The third-order valence-corrected chi connectivity index (χ3v) is 6.54. The van der Waals surface area contributed by atoms with Gasteiger partial charge in [0.1, 0.15) is 17.3 Å². The first kappa shape index (κ1) is 23.9. The molecule has 2 aromatic heterocycles. The van der Waals surface area contributed by atoms with Gasteiger partial charge in [-0.05, 0) is 38.0 Å². The van der Waals surface area contributed by atoms with Crippen LogP contribution in [0.25, 0.3) is 11.3 Å². The number of halogens is 1. The number of aromatic nitrogens is 3. The maximum Gasteiger partial charge on any atom is 0.309 e. The van der Waals surface area contributed by atoms with Gasteiger partial charge in [0.2, 0.25) is 0 Å². The van der Waals surface area contributed by atoms with Crippen LogP contribution in [0.15, 0.2) is 36.0 Å². The largest absolute Gasteiger partial charge is 0.495 e. The molecule has 0 spiro atoms. The molecule has 1 aromatic carbocycles. The third-order valence-electron chi connectivity index (χ3n) is 5.48. The van der Waals surface area contributed by atoms with Gasteiger partial charge >= 0.3 is 5.97 Å². The Labute approximate surface area is 206 Å². The zero-order valence-corrected chi connectivity index (χ0v) is 20.4. The zero-order valence-electron chi connectivity index (χ0n) is 18.8. The van der Waals surface area contributed by atoms with E-state index >= 15 is 0 Å². The standard InChI is InChI=1S/C23H24ClN5O4S/c1-3-33-22(31)14-6-8-29(9-7-14)20-12-25-17(11-26-20)21(30)28-23-27-18(13-34-23)15-4-5-19(32-2)16(24)10-15/h4-5,10-14H,3,6-9H2,1-2H3,(H,27,28,30). The Morgan fingerprint density at radius 2 is 2.03 bits per heavy atom. The number of nitrogens with one attached hydrogen (secondary N) is 1. The minimum Gasteiger partial charge on any atom is -0.495 e. The second-order valence-electron chi connectivity index (χ2n) is 7.61. The molecule has 0 radical (unpaired) electrons. The summed E-state index contributed by atoms with van der Waals surface area (Å²) in [7, 11) is 1.56. The van der Waals surface area contributed by atoms with Crippen LogP contribution in [-0.2, 0) is 9.53 Å². The van der Waals surface area contributed by atoms with E-state index in [4.69, 9.17) is 21.1 Å². The second-order valence-corrected chi connectivity index (χ2v) is 8.88. The molecule has 9 nitrogen and oxygen atoms in total. The number of carbonyl (C=O) groups is 2. The Bertz CT molecular complexity index is 1160. The molecule has 0 aliphatic carbocycles. The van der Waals surface area contributed by atoms with Gasteiger partial charge in [-0.3, -0.25) is 14.9 Å². The molecule has 0 bridgehead atoms. The fourth-order valence-electron chi connectivity index (χ4n) is 3.66. The molecule has 0 atom stereocenters. The Kier molecular flexibility index (Phi) is 7.59. The van der Waals surface area contributed by atoms with Gasteiger partial charge < -0.3 is 14.4 Å². The molecule has 0 saturated carbocycles. The van der Waals surface area contributed by atoms with Crippen molar-refractivity contribution in [1.82, 2.24) is 15.0 Å². The number of rotatable bonds is 7. The lowest BCUT2D eigenvalue weighted by Gasteiger charge is -2.31. The Morgan fingerprint density at radius 1 is 1.24 bits per heavy atom. The number of hydrogen-bond acceptors (Lipinski definition) is 9. The summed E-state index contributed by atoms with van der Waals surface area (Å²) in [5.74, 6) is 0.645. The van der Waals surface area contributed by atoms with Crippen molar-refractivity contribution in [2.24, 2.45) is 5.92 Å². The second kappa shape index (κ2) is 10.8. The lowest BCUT2D eigenvalue weighted by molar-refractivity contribution is -0.148. The fourth-order valence-corrected chi connectivity index (χ4v) is 4.63. The lowest BCUT2D eigenvalue weighted by Crippen LogP contribution is -2.37. The zero-order chi connectivity index (χ0) is 24.1. The van der Waals surface area contributed by atoms with E-state index in [1.807, 2.05) is 18.4 Å². The molecule has 0 unspecified atom stereocenters. The van der Waals surface area contributed by atoms with Crippen molar-refractivity contribution in [3.63, 3.8) is 0 Å². The Hall–Kier alpha value is -3.24. The van der Waals surface area contributed by atoms with Gasteiger partial charge in [0.25, 0.3) is 5.91 Å². The van der Waals surface area contributed by atoms with Crippen molar-refractivity contribution >= 4 is 45.8 Å². The topological polar surface area (TPSA) is 107 Å². The molecule has 34 heavy (non-hydrogen) atoms. The SMILES string of the molecule is CCOC(=O)C1CCN(c2cnc(C(=O)Nc3nc(-c4ccc(OC)c(Cl)c4)cs3)cn2)CC1. The first-order valence-electron chi connectivity index (χ1n) is 10.8. The van der Waals surface area contributed by atoms with Gasteiger partial charge in [-0.2, -0.15) is 0 Å². The number of esters is 1. The van der Waals surface area contributed by atoms with Crippen LogP contribution in [0.5, 0.6) is 5.75 Å². The number of amides is 1. The first-order valence-corrected chi connectivity index (χ1v) is 12.1. The maximum absolute atomic E-state index is 12.6. The molecule has 3 heterocycles. The van der Waals surface area contributed by atoms with Gasteiger partial charge in [-0.25, -0.2) is 15.0 Å². The predicted octanol–water partition coefficient (Wildman–Crippen LogP) is 4.29. The normalized spacial score (nSPS) is 14.0. The van der Waals surface area contributed by atoms with Crippen LogP contribution < -0.4 is 15.0 Å². The first-order chi connectivity index (χ1) is 16.5. The average molecular weight is 502 g/mol. The van der Waals surface area contributed by atoms with Crippen molar-refractivity contribution in [3.8, 4) is 17.0 Å². The molecule has 178 valence electrons. The van der Waals surface area contributed by atoms with Crippen molar-refractivity contribution in [2.75, 3.05) is 37.0 Å². The summed E-state index contributed by atoms with van der Waals surface area (Å²) in [6.45, 7) is 3.57. The summed E-state index contributed by atoms with van der Waals surface area (Å²) in [5.41, 5.74) is 1.70. The molecule has 1 aliphatic rings. The number of anilines is 2. The van der Waals surface area contributed by atoms with Crippen LogP contribution in [0, 0.1) is 5.92 Å². The smallest absolute Gasteiger partial charge is 0.309 e. The van der Waals surface area contributed by atoms with Crippen molar-refractivity contribution < 1.29 is 19.1 Å².